The third kappa shape index (κ3) is 4.33. The molecule has 3 aromatic rings. The standard InChI is InChI=1S/C25H23NO3S/c1-29-24-12-6-9-20-15-14-19-8-3-4-11-22(19)23(25(20)24)16-13-18-7-5-10-21(17-18)26-30(2,27)28/h3-13,17,26H,14-15H2,1-2H3. The van der Waals surface area contributed by atoms with E-state index in [9.17, 15) is 8.42 Å². The van der Waals surface area contributed by atoms with Crippen LogP contribution in [0.4, 0.5) is 5.69 Å². The normalized spacial score (nSPS) is 12.8. The number of anilines is 1. The molecule has 4 rings (SSSR count). The number of sulfonamides is 1. The van der Waals surface area contributed by atoms with Crippen molar-refractivity contribution in [2.45, 2.75) is 12.8 Å². The number of nitrogens with one attached hydrogen (secondary N) is 1. The van der Waals surface area contributed by atoms with Crippen molar-refractivity contribution in [3.8, 4) is 5.75 Å². The molecule has 1 aliphatic rings. The van der Waals surface area contributed by atoms with Gasteiger partial charge in [-0.3, -0.25) is 4.72 Å². The molecule has 0 radical (unpaired) electrons. The number of hydrogen-bond donors (Lipinski definition) is 1. The van der Waals surface area contributed by atoms with Crippen LogP contribution in [0.15, 0.2) is 72.5 Å². The van der Waals surface area contributed by atoms with Crippen LogP contribution in [0.3, 0.4) is 0 Å². The number of fused-ring (bicyclic) bond motifs is 2. The number of methoxy groups -OCH3 is 1. The van der Waals surface area contributed by atoms with E-state index in [1.807, 2.05) is 36.4 Å². The highest BCUT2D eigenvalue weighted by Crippen LogP contribution is 2.38. The van der Waals surface area contributed by atoms with Gasteiger partial charge in [-0.25, -0.2) is 8.42 Å². The van der Waals surface area contributed by atoms with E-state index < -0.39 is 10.0 Å². The molecule has 152 valence electrons. The summed E-state index contributed by atoms with van der Waals surface area (Å²) in [4.78, 5) is 0. The van der Waals surface area contributed by atoms with Gasteiger partial charge in [0, 0.05) is 16.8 Å². The number of ether oxygens (including phenoxy) is 1. The largest absolute Gasteiger partial charge is 0.496 e. The molecule has 4 nitrogen and oxygen atoms in total. The zero-order valence-electron chi connectivity index (χ0n) is 17.0. The topological polar surface area (TPSA) is 55.4 Å². The van der Waals surface area contributed by atoms with Gasteiger partial charge >= 0.3 is 0 Å². The molecule has 1 aliphatic carbocycles. The predicted molar refractivity (Wildman–Crippen MR) is 122 cm³/mol. The minimum atomic E-state index is -3.33. The maximum absolute atomic E-state index is 11.5. The van der Waals surface area contributed by atoms with Crippen molar-refractivity contribution in [1.82, 2.24) is 0 Å². The van der Waals surface area contributed by atoms with Crippen molar-refractivity contribution in [2.75, 3.05) is 18.1 Å². The summed E-state index contributed by atoms with van der Waals surface area (Å²) in [6.07, 6.45) is 4.92. The Kier molecular flexibility index (Phi) is 5.49. The fourth-order valence-electron chi connectivity index (χ4n) is 3.84. The van der Waals surface area contributed by atoms with Crippen molar-refractivity contribution in [3.05, 3.63) is 100 Å². The van der Waals surface area contributed by atoms with Crippen LogP contribution in [0.2, 0.25) is 0 Å². The molecular formula is C25H23NO3S. The number of benzene rings is 3. The lowest BCUT2D eigenvalue weighted by molar-refractivity contribution is 0.413. The van der Waals surface area contributed by atoms with Crippen LogP contribution in [-0.2, 0) is 22.9 Å². The quantitative estimate of drug-likeness (QED) is 0.614. The molecule has 0 amide bonds. The maximum atomic E-state index is 11.5. The molecule has 0 spiro atoms. The van der Waals surface area contributed by atoms with Crippen LogP contribution in [0.1, 0.15) is 27.8 Å². The first kappa shape index (κ1) is 20.0. The van der Waals surface area contributed by atoms with E-state index in [0.717, 1.165) is 47.1 Å². The number of rotatable bonds is 4. The Morgan fingerprint density at radius 1 is 0.967 bits per heavy atom. The lowest BCUT2D eigenvalue weighted by Gasteiger charge is -2.13. The van der Waals surface area contributed by atoms with E-state index in [4.69, 9.17) is 4.74 Å². The molecule has 0 saturated heterocycles. The first-order chi connectivity index (χ1) is 14.4. The molecule has 0 saturated carbocycles. The predicted octanol–water partition coefficient (Wildman–Crippen LogP) is 4.91. The van der Waals surface area contributed by atoms with Crippen molar-refractivity contribution in [2.24, 2.45) is 0 Å². The zero-order chi connectivity index (χ0) is 21.1. The summed E-state index contributed by atoms with van der Waals surface area (Å²) in [5.74, 6) is 0.826. The minimum Gasteiger partial charge on any atom is -0.496 e. The first-order valence-corrected chi connectivity index (χ1v) is 11.6. The summed E-state index contributed by atoms with van der Waals surface area (Å²) >= 11 is 0. The van der Waals surface area contributed by atoms with Gasteiger partial charge < -0.3 is 4.74 Å². The van der Waals surface area contributed by atoms with Gasteiger partial charge in [-0.05, 0) is 59.4 Å². The van der Waals surface area contributed by atoms with Gasteiger partial charge in [0.1, 0.15) is 5.75 Å². The minimum absolute atomic E-state index is 0.525. The second-order valence-corrected chi connectivity index (χ2v) is 9.06. The molecule has 0 aromatic heterocycles. The van der Waals surface area contributed by atoms with Gasteiger partial charge in [0.05, 0.1) is 13.4 Å². The van der Waals surface area contributed by atoms with E-state index >= 15 is 0 Å². The Balaban J connectivity index is 1.90. The van der Waals surface area contributed by atoms with E-state index in [1.165, 1.54) is 11.1 Å². The van der Waals surface area contributed by atoms with Gasteiger partial charge in [-0.1, -0.05) is 48.5 Å². The van der Waals surface area contributed by atoms with E-state index in [-0.39, 0.29) is 0 Å². The molecule has 0 atom stereocenters. The van der Waals surface area contributed by atoms with Crippen LogP contribution >= 0.6 is 0 Å². The lowest BCUT2D eigenvalue weighted by Crippen LogP contribution is -2.09. The maximum Gasteiger partial charge on any atom is 0.229 e. The molecule has 0 fully saturated rings. The number of hydrogen-bond acceptors (Lipinski definition) is 3. The molecule has 5 heteroatoms. The van der Waals surface area contributed by atoms with Gasteiger partial charge in [-0.15, -0.1) is 5.73 Å². The molecular weight excluding hydrogens is 394 g/mol. The summed E-state index contributed by atoms with van der Waals surface area (Å²) in [5, 5.41) is 0. The summed E-state index contributed by atoms with van der Waals surface area (Å²) in [5.41, 5.74) is 10.6. The molecule has 0 heterocycles. The smallest absolute Gasteiger partial charge is 0.229 e. The van der Waals surface area contributed by atoms with Crippen LogP contribution in [0, 0.1) is 0 Å². The second kappa shape index (κ2) is 8.23. The molecule has 0 unspecified atom stereocenters. The Hall–Kier alpha value is -3.27. The SMILES string of the molecule is COc1cccc2c1C(=C=Cc1cccc(NS(C)(=O)=O)c1)c1ccccc1CC2. The van der Waals surface area contributed by atoms with Crippen LogP contribution < -0.4 is 9.46 Å². The Bertz CT molecular complexity index is 1270. The monoisotopic (exact) mass is 417 g/mol. The van der Waals surface area contributed by atoms with E-state index in [0.29, 0.717) is 5.69 Å². The summed E-state index contributed by atoms with van der Waals surface area (Å²) in [7, 11) is -1.64. The van der Waals surface area contributed by atoms with Crippen molar-refractivity contribution >= 4 is 27.4 Å². The van der Waals surface area contributed by atoms with Crippen molar-refractivity contribution in [1.29, 1.82) is 0 Å². The zero-order valence-corrected chi connectivity index (χ0v) is 17.8. The van der Waals surface area contributed by atoms with Crippen molar-refractivity contribution in [3.63, 3.8) is 0 Å². The third-order valence-corrected chi connectivity index (χ3v) is 5.71. The number of aryl methyl sites for hydroxylation is 2. The van der Waals surface area contributed by atoms with Gasteiger partial charge in [0.25, 0.3) is 0 Å². The average molecular weight is 418 g/mol. The highest BCUT2D eigenvalue weighted by atomic mass is 32.2. The van der Waals surface area contributed by atoms with E-state index in [2.05, 4.69) is 34.7 Å². The van der Waals surface area contributed by atoms with E-state index in [1.54, 1.807) is 19.2 Å². The second-order valence-electron chi connectivity index (χ2n) is 7.31. The fourth-order valence-corrected chi connectivity index (χ4v) is 4.39. The summed E-state index contributed by atoms with van der Waals surface area (Å²) in [6, 6.07) is 21.8. The lowest BCUT2D eigenvalue weighted by atomic mass is 9.93. The Morgan fingerprint density at radius 2 is 1.70 bits per heavy atom. The van der Waals surface area contributed by atoms with Crippen LogP contribution in [0.25, 0.3) is 11.6 Å². The van der Waals surface area contributed by atoms with Gasteiger partial charge in [0.15, 0.2) is 0 Å². The Labute approximate surface area is 177 Å². The highest BCUT2D eigenvalue weighted by Gasteiger charge is 2.21. The molecule has 0 bridgehead atoms. The van der Waals surface area contributed by atoms with Crippen LogP contribution in [-0.4, -0.2) is 21.8 Å². The fraction of sp³-hybridized carbons (Fsp3) is 0.160. The highest BCUT2D eigenvalue weighted by molar-refractivity contribution is 7.92. The van der Waals surface area contributed by atoms with Gasteiger partial charge in [-0.2, -0.15) is 0 Å². The molecule has 1 N–H and O–H groups in total. The van der Waals surface area contributed by atoms with Gasteiger partial charge in [0.2, 0.25) is 10.0 Å². The average Bonchev–Trinajstić information content (AvgIpc) is 2.88. The molecule has 0 aliphatic heterocycles. The Morgan fingerprint density at radius 3 is 2.50 bits per heavy atom. The first-order valence-electron chi connectivity index (χ1n) is 9.74. The molecule has 3 aromatic carbocycles. The summed E-state index contributed by atoms with van der Waals surface area (Å²) < 4.78 is 31.3. The van der Waals surface area contributed by atoms with Crippen LogP contribution in [0.5, 0.6) is 5.75 Å². The third-order valence-electron chi connectivity index (χ3n) is 5.11. The van der Waals surface area contributed by atoms with Crippen molar-refractivity contribution < 1.29 is 13.2 Å². The molecule has 30 heavy (non-hydrogen) atoms. The summed E-state index contributed by atoms with van der Waals surface area (Å²) in [6.45, 7) is 0.